The predicted octanol–water partition coefficient (Wildman–Crippen LogP) is 5.66. The number of ether oxygens (including phenoxy) is 3. The zero-order valence-corrected chi connectivity index (χ0v) is 24.1. The van der Waals surface area contributed by atoms with Crippen LogP contribution in [-0.4, -0.2) is 59.8 Å². The van der Waals surface area contributed by atoms with Crippen LogP contribution < -0.4 is 10.1 Å². The summed E-state index contributed by atoms with van der Waals surface area (Å²) in [7, 11) is 1.63. The number of hydrogen-bond acceptors (Lipinski definition) is 7. The quantitative estimate of drug-likeness (QED) is 0.326. The smallest absolute Gasteiger partial charge is 0.408 e. The Kier molecular flexibility index (Phi) is 8.84. The molecule has 3 aliphatic heterocycles. The highest BCUT2D eigenvalue weighted by atomic mass is 16.6. The lowest BCUT2D eigenvalue weighted by Crippen LogP contribution is -2.56. The van der Waals surface area contributed by atoms with E-state index in [4.69, 9.17) is 14.2 Å². The molecule has 8 nitrogen and oxygen atoms in total. The lowest BCUT2D eigenvalue weighted by Gasteiger charge is -2.51. The normalized spacial score (nSPS) is 24.9. The Hall–Kier alpha value is -3.13. The van der Waals surface area contributed by atoms with Crippen molar-refractivity contribution < 1.29 is 23.8 Å². The predicted molar refractivity (Wildman–Crippen MR) is 152 cm³/mol. The van der Waals surface area contributed by atoms with Gasteiger partial charge in [-0.2, -0.15) is 0 Å². The molecule has 5 rings (SSSR count). The van der Waals surface area contributed by atoms with E-state index in [2.05, 4.69) is 27.9 Å². The van der Waals surface area contributed by atoms with Gasteiger partial charge in [0.25, 0.3) is 0 Å². The molecule has 1 N–H and O–H groups in total. The van der Waals surface area contributed by atoms with Crippen LogP contribution in [0.2, 0.25) is 0 Å². The summed E-state index contributed by atoms with van der Waals surface area (Å²) in [6.07, 6.45) is 5.34. The lowest BCUT2D eigenvalue weighted by molar-refractivity contribution is -0.161. The van der Waals surface area contributed by atoms with Crippen LogP contribution in [0.15, 0.2) is 43.1 Å². The van der Waals surface area contributed by atoms with Crippen molar-refractivity contribution in [3.63, 3.8) is 0 Å². The largest absolute Gasteiger partial charge is 0.497 e. The minimum atomic E-state index is -0.841. The minimum Gasteiger partial charge on any atom is -0.497 e. The van der Waals surface area contributed by atoms with E-state index in [1.165, 1.54) is 0 Å². The van der Waals surface area contributed by atoms with E-state index in [-0.39, 0.29) is 12.0 Å². The molecule has 7 atom stereocenters. The fourth-order valence-electron chi connectivity index (χ4n) is 5.87. The van der Waals surface area contributed by atoms with Gasteiger partial charge in [-0.3, -0.25) is 9.88 Å². The number of carbonyl (C=O) groups excluding carboxylic acids is 2. The molecule has 2 bridgehead atoms. The van der Waals surface area contributed by atoms with Gasteiger partial charge in [-0.25, -0.2) is 9.59 Å². The highest BCUT2D eigenvalue weighted by molar-refractivity contribution is 5.85. The first-order valence-electron chi connectivity index (χ1n) is 14.0. The number of piperidine rings is 3. The third-order valence-electron chi connectivity index (χ3n) is 8.17. The highest BCUT2D eigenvalue weighted by Gasteiger charge is 2.45. The first kappa shape index (κ1) is 28.9. The van der Waals surface area contributed by atoms with Crippen LogP contribution in [0.5, 0.6) is 5.75 Å². The number of nitrogens with one attached hydrogen (secondary N) is 1. The van der Waals surface area contributed by atoms with Crippen molar-refractivity contribution in [1.29, 1.82) is 0 Å². The number of esters is 1. The molecule has 1 aromatic heterocycles. The second kappa shape index (κ2) is 11.9. The zero-order valence-electron chi connectivity index (χ0n) is 24.1. The van der Waals surface area contributed by atoms with Crippen LogP contribution in [-0.2, 0) is 14.3 Å². The van der Waals surface area contributed by atoms with Crippen molar-refractivity contribution in [1.82, 2.24) is 15.2 Å². The van der Waals surface area contributed by atoms with Gasteiger partial charge in [0.2, 0.25) is 0 Å². The Balaban J connectivity index is 1.71. The first-order chi connectivity index (χ1) is 18.5. The first-order valence-corrected chi connectivity index (χ1v) is 14.0. The summed E-state index contributed by atoms with van der Waals surface area (Å²) < 4.78 is 17.4. The monoisotopic (exact) mass is 537 g/mol. The summed E-state index contributed by atoms with van der Waals surface area (Å²) in [5, 5.41) is 3.68. The number of nitrogens with zero attached hydrogens (tertiary/aromatic N) is 2. The van der Waals surface area contributed by atoms with Gasteiger partial charge in [-0.1, -0.05) is 26.3 Å². The third kappa shape index (κ3) is 6.55. The van der Waals surface area contributed by atoms with Crippen LogP contribution in [0.4, 0.5) is 4.79 Å². The molecule has 1 amide bonds. The van der Waals surface area contributed by atoms with Crippen molar-refractivity contribution in [3.8, 4) is 5.75 Å². The maximum Gasteiger partial charge on any atom is 0.408 e. The summed E-state index contributed by atoms with van der Waals surface area (Å²) in [4.78, 5) is 33.6. The molecule has 3 unspecified atom stereocenters. The van der Waals surface area contributed by atoms with E-state index in [1.54, 1.807) is 34.1 Å². The lowest BCUT2D eigenvalue weighted by atomic mass is 9.73. The minimum absolute atomic E-state index is 0.000176. The Morgan fingerprint density at radius 2 is 2.05 bits per heavy atom. The van der Waals surface area contributed by atoms with Crippen LogP contribution in [0.25, 0.3) is 10.9 Å². The molecular formula is C31H43N3O5. The number of alkyl carbamates (subject to hydrolysis) is 1. The van der Waals surface area contributed by atoms with E-state index in [0.29, 0.717) is 24.0 Å². The molecule has 212 valence electrons. The zero-order chi connectivity index (χ0) is 28.3. The van der Waals surface area contributed by atoms with Crippen molar-refractivity contribution in [3.05, 3.63) is 48.7 Å². The van der Waals surface area contributed by atoms with E-state index < -0.39 is 29.8 Å². The van der Waals surface area contributed by atoms with Gasteiger partial charge >= 0.3 is 12.1 Å². The van der Waals surface area contributed by atoms with Gasteiger partial charge in [0.1, 0.15) is 23.5 Å². The van der Waals surface area contributed by atoms with Crippen molar-refractivity contribution in [2.45, 2.75) is 77.7 Å². The molecule has 0 spiro atoms. The Morgan fingerprint density at radius 1 is 1.28 bits per heavy atom. The molecule has 2 aromatic rings. The van der Waals surface area contributed by atoms with Crippen molar-refractivity contribution in [2.24, 2.45) is 17.8 Å². The maximum absolute atomic E-state index is 13.9. The van der Waals surface area contributed by atoms with Gasteiger partial charge in [-0.05, 0) is 82.2 Å². The summed E-state index contributed by atoms with van der Waals surface area (Å²) in [5.74, 6) is 1.03. The molecule has 0 radical (unpaired) electrons. The van der Waals surface area contributed by atoms with Gasteiger partial charge in [-0.15, -0.1) is 6.58 Å². The number of benzene rings is 1. The summed E-state index contributed by atoms with van der Waals surface area (Å²) >= 11 is 0. The van der Waals surface area contributed by atoms with Gasteiger partial charge in [0.05, 0.1) is 18.7 Å². The van der Waals surface area contributed by atoms with Gasteiger partial charge in [0, 0.05) is 23.7 Å². The number of amides is 1. The highest BCUT2D eigenvalue weighted by Crippen LogP contribution is 2.44. The second-order valence-corrected chi connectivity index (χ2v) is 11.9. The van der Waals surface area contributed by atoms with Crippen LogP contribution in [0.3, 0.4) is 0 Å². The standard InChI is InChI=1S/C31H43N3O5/c1-8-19(3)27(33-30(36)39-31(4,5)6)29(35)38-28(26-16-21-13-15-34(26)18-20(21)9-2)23-12-14-32-25-11-10-22(37-7)17-24(23)25/h9-12,14,17,19-21,26-28H,2,8,13,15-16,18H2,1,3-7H3,(H,33,36)/t19-,20?,21-,26?,27-,28+/m0/s1. The maximum atomic E-state index is 13.9. The van der Waals surface area contributed by atoms with Crippen molar-refractivity contribution in [2.75, 3.05) is 20.2 Å². The van der Waals surface area contributed by atoms with E-state index in [0.717, 1.165) is 42.4 Å². The summed E-state index contributed by atoms with van der Waals surface area (Å²) in [6.45, 7) is 15.2. The molecule has 39 heavy (non-hydrogen) atoms. The molecule has 4 heterocycles. The Morgan fingerprint density at radius 3 is 2.67 bits per heavy atom. The average Bonchev–Trinajstić information content (AvgIpc) is 2.92. The fourth-order valence-corrected chi connectivity index (χ4v) is 5.87. The fraction of sp³-hybridized carbons (Fsp3) is 0.581. The third-order valence-corrected chi connectivity index (χ3v) is 8.17. The van der Waals surface area contributed by atoms with Crippen molar-refractivity contribution >= 4 is 23.0 Å². The average molecular weight is 538 g/mol. The van der Waals surface area contributed by atoms with E-state index in [1.807, 2.05) is 38.1 Å². The number of aromatic nitrogens is 1. The number of methoxy groups -OCH3 is 1. The Bertz CT molecular complexity index is 1190. The number of carbonyl (C=O) groups is 2. The number of pyridine rings is 1. The van der Waals surface area contributed by atoms with Gasteiger partial charge < -0.3 is 19.5 Å². The summed E-state index contributed by atoms with van der Waals surface area (Å²) in [6, 6.07) is 6.85. The molecule has 8 heteroatoms. The topological polar surface area (TPSA) is 90.0 Å². The Labute approximate surface area is 232 Å². The molecule has 3 saturated heterocycles. The molecule has 3 aliphatic rings. The molecule has 0 saturated carbocycles. The number of fused-ring (bicyclic) bond motifs is 4. The van der Waals surface area contributed by atoms with Crippen LogP contribution in [0.1, 0.15) is 65.5 Å². The molecule has 1 aromatic carbocycles. The number of hydrogen-bond donors (Lipinski definition) is 1. The SMILES string of the molecule is C=CC1CN2CC[C@H]1CC2[C@H](OC(=O)[C@@H](NC(=O)OC(C)(C)C)[C@@H](C)CC)c1ccnc2ccc(OC)cc12. The molecule has 3 fully saturated rings. The molecular weight excluding hydrogens is 494 g/mol. The number of rotatable bonds is 9. The van der Waals surface area contributed by atoms with Crippen LogP contribution >= 0.6 is 0 Å². The molecule has 0 aliphatic carbocycles. The van der Waals surface area contributed by atoms with E-state index >= 15 is 0 Å². The van der Waals surface area contributed by atoms with E-state index in [9.17, 15) is 9.59 Å². The van der Waals surface area contributed by atoms with Crippen LogP contribution in [0, 0.1) is 17.8 Å². The second-order valence-electron chi connectivity index (χ2n) is 11.9. The van der Waals surface area contributed by atoms with Gasteiger partial charge in [0.15, 0.2) is 0 Å². The summed E-state index contributed by atoms with van der Waals surface area (Å²) in [5.41, 5.74) is 1.02.